The monoisotopic (exact) mass is 356 g/mol. The van der Waals surface area contributed by atoms with Gasteiger partial charge in [0.2, 0.25) is 0 Å². The molecule has 2 N–H and O–H groups in total. The van der Waals surface area contributed by atoms with Gasteiger partial charge in [-0.2, -0.15) is 0 Å². The van der Waals surface area contributed by atoms with Gasteiger partial charge in [0.25, 0.3) is 5.91 Å². The van der Waals surface area contributed by atoms with E-state index in [0.29, 0.717) is 4.88 Å². The molecule has 7 nitrogen and oxygen atoms in total. The summed E-state index contributed by atoms with van der Waals surface area (Å²) in [6.45, 7) is 2.98. The summed E-state index contributed by atoms with van der Waals surface area (Å²) in [6, 6.07) is 1.76. The molecule has 3 aromatic heterocycles. The highest BCUT2D eigenvalue weighted by molar-refractivity contribution is 7.21. The second-order valence-corrected chi connectivity index (χ2v) is 7.46. The molecule has 25 heavy (non-hydrogen) atoms. The number of fused-ring (bicyclic) bond motifs is 1. The fraction of sp³-hybridized carbons (Fsp3) is 0.412. The lowest BCUT2D eigenvalue weighted by Gasteiger charge is -2.33. The Kier molecular flexibility index (Phi) is 4.35. The van der Waals surface area contributed by atoms with Crippen molar-refractivity contribution in [3.63, 3.8) is 0 Å². The summed E-state index contributed by atoms with van der Waals surface area (Å²) in [7, 11) is 0. The van der Waals surface area contributed by atoms with Crippen molar-refractivity contribution in [2.24, 2.45) is 11.7 Å². The van der Waals surface area contributed by atoms with Crippen LogP contribution in [0.2, 0.25) is 0 Å². The van der Waals surface area contributed by atoms with Gasteiger partial charge in [0.15, 0.2) is 0 Å². The largest absolute Gasteiger partial charge is 0.365 e. The van der Waals surface area contributed by atoms with E-state index in [4.69, 9.17) is 5.73 Å². The molecule has 4 heterocycles. The van der Waals surface area contributed by atoms with Gasteiger partial charge in [0.05, 0.1) is 21.4 Å². The number of nitrogens with two attached hydrogens (primary N) is 1. The smallest absolute Gasteiger partial charge is 0.258 e. The maximum absolute atomic E-state index is 11.4. The molecular weight excluding hydrogens is 336 g/mol. The fourth-order valence-electron chi connectivity index (χ4n) is 3.37. The van der Waals surface area contributed by atoms with E-state index in [9.17, 15) is 4.79 Å². The van der Waals surface area contributed by atoms with Crippen LogP contribution in [0, 0.1) is 5.92 Å². The van der Waals surface area contributed by atoms with E-state index < -0.39 is 5.91 Å². The average molecular weight is 356 g/mol. The van der Waals surface area contributed by atoms with Crippen molar-refractivity contribution >= 4 is 33.3 Å². The van der Waals surface area contributed by atoms with E-state index in [1.165, 1.54) is 17.8 Å². The third-order valence-corrected chi connectivity index (χ3v) is 5.94. The summed E-state index contributed by atoms with van der Waals surface area (Å²) in [6.07, 6.45) is 10.8. The van der Waals surface area contributed by atoms with E-state index in [1.807, 2.05) is 18.7 Å². The highest BCUT2D eigenvalue weighted by Gasteiger charge is 2.23. The number of carbonyl (C=O) groups is 1. The summed E-state index contributed by atoms with van der Waals surface area (Å²) in [5.74, 6) is 1.24. The molecule has 8 heteroatoms. The zero-order chi connectivity index (χ0) is 17.2. The van der Waals surface area contributed by atoms with Crippen LogP contribution >= 0.6 is 11.3 Å². The first-order valence-corrected chi connectivity index (χ1v) is 9.27. The Bertz CT molecular complexity index is 867. The number of amides is 1. The Labute approximate surface area is 149 Å². The van der Waals surface area contributed by atoms with Crippen LogP contribution < -0.4 is 10.6 Å². The van der Waals surface area contributed by atoms with E-state index >= 15 is 0 Å². The van der Waals surface area contributed by atoms with Gasteiger partial charge >= 0.3 is 0 Å². The summed E-state index contributed by atoms with van der Waals surface area (Å²) in [5, 5.41) is 0. The summed E-state index contributed by atoms with van der Waals surface area (Å²) < 4.78 is 3.09. The van der Waals surface area contributed by atoms with Crippen molar-refractivity contribution in [3.8, 4) is 0 Å². The Balaban J connectivity index is 1.43. The van der Waals surface area contributed by atoms with E-state index in [1.54, 1.807) is 12.4 Å². The summed E-state index contributed by atoms with van der Waals surface area (Å²) >= 11 is 1.38. The number of thiophene rings is 1. The van der Waals surface area contributed by atoms with Gasteiger partial charge in [-0.1, -0.05) is 0 Å². The lowest BCUT2D eigenvalue weighted by Crippen LogP contribution is -2.34. The molecule has 1 saturated heterocycles. The molecule has 0 saturated carbocycles. The third-order valence-electron chi connectivity index (χ3n) is 4.80. The normalized spacial score (nSPS) is 15.8. The Hall–Kier alpha value is -2.48. The maximum Gasteiger partial charge on any atom is 0.258 e. The minimum atomic E-state index is -0.410. The average Bonchev–Trinajstić information content (AvgIpc) is 3.29. The number of hydrogen-bond acceptors (Lipinski definition) is 6. The maximum atomic E-state index is 11.4. The minimum absolute atomic E-state index is 0.410. The Morgan fingerprint density at radius 2 is 2.16 bits per heavy atom. The van der Waals surface area contributed by atoms with Crippen LogP contribution in [0.25, 0.3) is 10.2 Å². The van der Waals surface area contributed by atoms with Gasteiger partial charge in [0, 0.05) is 32.0 Å². The van der Waals surface area contributed by atoms with Crippen LogP contribution in [-0.4, -0.2) is 38.5 Å². The molecule has 0 bridgehead atoms. The lowest BCUT2D eigenvalue weighted by molar-refractivity contribution is 0.100. The molecule has 1 aliphatic rings. The molecule has 0 atom stereocenters. The standard InChI is InChI=1S/C17H20N6OS/c18-16(24)14-9-13-15(25-14)17(21-10-20-13)23-6-2-12(3-7-23)1-5-22-8-4-19-11-22/h4,8-12H,1-3,5-7H2,(H2,18,24). The molecule has 0 aliphatic carbocycles. The van der Waals surface area contributed by atoms with Crippen molar-refractivity contribution in [1.82, 2.24) is 19.5 Å². The zero-order valence-electron chi connectivity index (χ0n) is 13.8. The summed E-state index contributed by atoms with van der Waals surface area (Å²) in [4.78, 5) is 27.1. The van der Waals surface area contributed by atoms with Gasteiger partial charge < -0.3 is 15.2 Å². The van der Waals surface area contributed by atoms with Crippen molar-refractivity contribution < 1.29 is 4.79 Å². The molecule has 0 radical (unpaired) electrons. The molecule has 0 unspecified atom stereocenters. The molecular formula is C17H20N6OS. The quantitative estimate of drug-likeness (QED) is 0.757. The minimum Gasteiger partial charge on any atom is -0.365 e. The van der Waals surface area contributed by atoms with Gasteiger partial charge in [-0.15, -0.1) is 11.3 Å². The van der Waals surface area contributed by atoms with Crippen LogP contribution in [0.15, 0.2) is 31.1 Å². The number of rotatable bonds is 5. The highest BCUT2D eigenvalue weighted by Crippen LogP contribution is 2.33. The lowest BCUT2D eigenvalue weighted by atomic mass is 9.93. The molecule has 1 amide bonds. The SMILES string of the molecule is NC(=O)c1cc2ncnc(N3CCC(CCn4ccnc4)CC3)c2s1. The van der Waals surface area contributed by atoms with Crippen LogP contribution in [0.4, 0.5) is 5.82 Å². The second-order valence-electron chi connectivity index (χ2n) is 6.41. The van der Waals surface area contributed by atoms with E-state index in [-0.39, 0.29) is 0 Å². The molecule has 1 fully saturated rings. The van der Waals surface area contributed by atoms with Gasteiger partial charge in [0.1, 0.15) is 12.1 Å². The highest BCUT2D eigenvalue weighted by atomic mass is 32.1. The van der Waals surface area contributed by atoms with Crippen molar-refractivity contribution in [1.29, 1.82) is 0 Å². The Morgan fingerprint density at radius 3 is 2.88 bits per heavy atom. The van der Waals surface area contributed by atoms with Crippen LogP contribution in [0.5, 0.6) is 0 Å². The van der Waals surface area contributed by atoms with Crippen LogP contribution in [0.1, 0.15) is 28.9 Å². The summed E-state index contributed by atoms with van der Waals surface area (Å²) in [5.41, 5.74) is 6.20. The molecule has 4 rings (SSSR count). The Morgan fingerprint density at radius 1 is 1.32 bits per heavy atom. The predicted molar refractivity (Wildman–Crippen MR) is 97.7 cm³/mol. The third kappa shape index (κ3) is 3.34. The van der Waals surface area contributed by atoms with Gasteiger partial charge in [-0.3, -0.25) is 4.79 Å². The van der Waals surface area contributed by atoms with Crippen molar-refractivity contribution in [2.45, 2.75) is 25.8 Å². The van der Waals surface area contributed by atoms with Gasteiger partial charge in [-0.25, -0.2) is 15.0 Å². The number of primary amides is 1. The zero-order valence-corrected chi connectivity index (χ0v) is 14.7. The molecule has 0 aromatic carbocycles. The number of anilines is 1. The van der Waals surface area contributed by atoms with Crippen LogP contribution in [0.3, 0.4) is 0 Å². The number of carbonyl (C=O) groups excluding carboxylic acids is 1. The first kappa shape index (κ1) is 16.0. The van der Waals surface area contributed by atoms with Crippen molar-refractivity contribution in [2.75, 3.05) is 18.0 Å². The molecule has 1 aliphatic heterocycles. The second kappa shape index (κ2) is 6.79. The first-order chi connectivity index (χ1) is 12.2. The number of nitrogens with zero attached hydrogens (tertiary/aromatic N) is 5. The van der Waals surface area contributed by atoms with E-state index in [2.05, 4.69) is 24.4 Å². The number of hydrogen-bond donors (Lipinski definition) is 1. The fourth-order valence-corrected chi connectivity index (χ4v) is 4.35. The molecule has 0 spiro atoms. The number of piperidine rings is 1. The van der Waals surface area contributed by atoms with Crippen LogP contribution in [-0.2, 0) is 6.54 Å². The first-order valence-electron chi connectivity index (χ1n) is 8.46. The number of imidazole rings is 1. The molecule has 3 aromatic rings. The predicted octanol–water partition coefficient (Wildman–Crippen LogP) is 2.29. The topological polar surface area (TPSA) is 89.9 Å². The molecule has 130 valence electrons. The van der Waals surface area contributed by atoms with E-state index in [0.717, 1.165) is 54.4 Å². The van der Waals surface area contributed by atoms with Gasteiger partial charge in [-0.05, 0) is 31.2 Å². The number of aryl methyl sites for hydroxylation is 1. The number of aromatic nitrogens is 4. The van der Waals surface area contributed by atoms with Crippen molar-refractivity contribution in [3.05, 3.63) is 36.0 Å².